The number of benzene rings is 2. The van der Waals surface area contributed by atoms with E-state index in [-0.39, 0.29) is 0 Å². The summed E-state index contributed by atoms with van der Waals surface area (Å²) in [6.45, 7) is 0.406. The Balaban J connectivity index is 1.97. The van der Waals surface area contributed by atoms with Gasteiger partial charge in [0.25, 0.3) is 0 Å². The first kappa shape index (κ1) is 13.9. The van der Waals surface area contributed by atoms with Gasteiger partial charge in [-0.25, -0.2) is 0 Å². The van der Waals surface area contributed by atoms with Crippen LogP contribution in [0.5, 0.6) is 0 Å². The molecule has 0 spiro atoms. The molecule has 0 bridgehead atoms. The summed E-state index contributed by atoms with van der Waals surface area (Å²) in [6, 6.07) is 19.6. The first-order valence-corrected chi connectivity index (χ1v) is 6.31. The predicted octanol–water partition coefficient (Wildman–Crippen LogP) is 4.55. The van der Waals surface area contributed by atoms with Crippen molar-refractivity contribution in [3.63, 3.8) is 0 Å². The van der Waals surface area contributed by atoms with Crippen LogP contribution in [-0.2, 0) is 11.3 Å². The summed E-state index contributed by atoms with van der Waals surface area (Å²) < 4.78 is 5.58. The smallest absolute Gasteiger partial charge is 0.155 e. The Bertz CT molecular complexity index is 590. The molecule has 0 amide bonds. The van der Waals surface area contributed by atoms with Gasteiger partial charge in [0.05, 0.1) is 6.61 Å². The standard InChI is InChI=1S/C16H15N3O/c17-19-18-16(12-11-14-7-3-1-4-8-14)20-13-15-9-5-2-6-10-15/h1-12,16H,13H2/b12-11+. The van der Waals surface area contributed by atoms with Gasteiger partial charge in [0, 0.05) is 4.91 Å². The summed E-state index contributed by atoms with van der Waals surface area (Å²) in [5, 5.41) is 3.63. The largest absolute Gasteiger partial charge is 0.363 e. The van der Waals surface area contributed by atoms with Crippen LogP contribution >= 0.6 is 0 Å². The van der Waals surface area contributed by atoms with E-state index in [2.05, 4.69) is 10.0 Å². The summed E-state index contributed by atoms with van der Waals surface area (Å²) in [6.07, 6.45) is 3.02. The summed E-state index contributed by atoms with van der Waals surface area (Å²) in [7, 11) is 0. The van der Waals surface area contributed by atoms with E-state index in [9.17, 15) is 0 Å². The zero-order valence-electron chi connectivity index (χ0n) is 11.0. The second-order valence-electron chi connectivity index (χ2n) is 4.16. The van der Waals surface area contributed by atoms with Crippen LogP contribution in [0.25, 0.3) is 16.5 Å². The highest BCUT2D eigenvalue weighted by Gasteiger charge is 2.02. The number of ether oxygens (including phenoxy) is 1. The van der Waals surface area contributed by atoms with E-state index in [1.165, 1.54) is 0 Å². The fourth-order valence-corrected chi connectivity index (χ4v) is 1.69. The van der Waals surface area contributed by atoms with Crippen LogP contribution < -0.4 is 0 Å². The maximum atomic E-state index is 8.58. The zero-order valence-corrected chi connectivity index (χ0v) is 11.0. The molecule has 0 radical (unpaired) electrons. The Hall–Kier alpha value is -2.55. The lowest BCUT2D eigenvalue weighted by Gasteiger charge is -2.08. The minimum Gasteiger partial charge on any atom is -0.363 e. The highest BCUT2D eigenvalue weighted by atomic mass is 16.5. The summed E-state index contributed by atoms with van der Waals surface area (Å²) in [5.41, 5.74) is 10.7. The quantitative estimate of drug-likeness (QED) is 0.429. The summed E-state index contributed by atoms with van der Waals surface area (Å²) in [5.74, 6) is 0. The highest BCUT2D eigenvalue weighted by Crippen LogP contribution is 2.08. The average molecular weight is 265 g/mol. The SMILES string of the molecule is [N-]=[N+]=NC(/C=C/c1ccccc1)OCc1ccccc1. The molecule has 20 heavy (non-hydrogen) atoms. The Morgan fingerprint density at radius 1 is 1.05 bits per heavy atom. The normalized spacial score (nSPS) is 12.0. The molecular formula is C16H15N3O. The molecule has 1 atom stereocenters. The molecule has 1 unspecified atom stereocenters. The molecular weight excluding hydrogens is 250 g/mol. The second-order valence-corrected chi connectivity index (χ2v) is 4.16. The number of nitrogens with zero attached hydrogens (tertiary/aromatic N) is 3. The molecule has 2 aromatic rings. The summed E-state index contributed by atoms with van der Waals surface area (Å²) in [4.78, 5) is 2.81. The Labute approximate surface area is 118 Å². The lowest BCUT2D eigenvalue weighted by molar-refractivity contribution is 0.0771. The molecule has 0 aromatic heterocycles. The van der Waals surface area contributed by atoms with Crippen molar-refractivity contribution in [2.75, 3.05) is 0 Å². The monoisotopic (exact) mass is 265 g/mol. The molecule has 0 saturated heterocycles. The van der Waals surface area contributed by atoms with Gasteiger partial charge in [0.2, 0.25) is 0 Å². The molecule has 0 aliphatic heterocycles. The molecule has 4 heteroatoms. The topological polar surface area (TPSA) is 58.0 Å². The molecule has 0 saturated carbocycles. The van der Waals surface area contributed by atoms with Crippen LogP contribution in [0, 0.1) is 0 Å². The lowest BCUT2D eigenvalue weighted by atomic mass is 10.2. The van der Waals surface area contributed by atoms with Crippen molar-refractivity contribution in [2.45, 2.75) is 12.8 Å². The minimum absolute atomic E-state index is 0.406. The molecule has 2 aromatic carbocycles. The average Bonchev–Trinajstić information content (AvgIpc) is 2.52. The maximum Gasteiger partial charge on any atom is 0.155 e. The third-order valence-corrected chi connectivity index (χ3v) is 2.68. The summed E-state index contributed by atoms with van der Waals surface area (Å²) >= 11 is 0. The number of rotatable bonds is 6. The number of hydrogen-bond acceptors (Lipinski definition) is 2. The fourth-order valence-electron chi connectivity index (χ4n) is 1.69. The van der Waals surface area contributed by atoms with E-state index >= 15 is 0 Å². The third-order valence-electron chi connectivity index (χ3n) is 2.68. The molecule has 100 valence electrons. The zero-order chi connectivity index (χ0) is 14.0. The van der Waals surface area contributed by atoms with Gasteiger partial charge >= 0.3 is 0 Å². The van der Waals surface area contributed by atoms with E-state index in [4.69, 9.17) is 10.3 Å². The first-order valence-electron chi connectivity index (χ1n) is 6.31. The van der Waals surface area contributed by atoms with Gasteiger partial charge in [-0.05, 0) is 22.7 Å². The molecule has 0 aliphatic rings. The minimum atomic E-state index is -0.611. The van der Waals surface area contributed by atoms with E-state index in [0.717, 1.165) is 11.1 Å². The first-order chi connectivity index (χ1) is 9.88. The van der Waals surface area contributed by atoms with E-state index in [0.29, 0.717) is 6.61 Å². The molecule has 4 nitrogen and oxygen atoms in total. The maximum absolute atomic E-state index is 8.58. The van der Waals surface area contributed by atoms with Crippen LogP contribution in [0.2, 0.25) is 0 Å². The van der Waals surface area contributed by atoms with Crippen molar-refractivity contribution in [1.29, 1.82) is 0 Å². The van der Waals surface area contributed by atoms with Gasteiger partial charge < -0.3 is 4.74 Å². The number of hydrogen-bond donors (Lipinski definition) is 0. The fraction of sp³-hybridized carbons (Fsp3) is 0.125. The highest BCUT2D eigenvalue weighted by molar-refractivity contribution is 5.49. The van der Waals surface area contributed by atoms with Gasteiger partial charge in [-0.15, -0.1) is 0 Å². The molecule has 0 aliphatic carbocycles. The van der Waals surface area contributed by atoms with Gasteiger partial charge in [-0.1, -0.05) is 71.9 Å². The van der Waals surface area contributed by atoms with Crippen LogP contribution in [0.1, 0.15) is 11.1 Å². The van der Waals surface area contributed by atoms with Crippen LogP contribution in [0.15, 0.2) is 71.9 Å². The van der Waals surface area contributed by atoms with Gasteiger partial charge in [0.1, 0.15) is 0 Å². The molecule has 0 fully saturated rings. The van der Waals surface area contributed by atoms with Crippen molar-refractivity contribution < 1.29 is 4.74 Å². The van der Waals surface area contributed by atoms with Crippen molar-refractivity contribution >= 4 is 6.08 Å². The second kappa shape index (κ2) is 7.79. The van der Waals surface area contributed by atoms with Crippen LogP contribution in [-0.4, -0.2) is 6.23 Å². The Morgan fingerprint density at radius 3 is 2.35 bits per heavy atom. The Kier molecular flexibility index (Phi) is 5.40. The molecule has 0 heterocycles. The van der Waals surface area contributed by atoms with E-state index < -0.39 is 6.23 Å². The van der Waals surface area contributed by atoms with Gasteiger partial charge in [-0.2, -0.15) is 0 Å². The van der Waals surface area contributed by atoms with Crippen molar-refractivity contribution in [3.05, 3.63) is 88.3 Å². The van der Waals surface area contributed by atoms with E-state index in [1.807, 2.05) is 66.7 Å². The van der Waals surface area contributed by atoms with Crippen molar-refractivity contribution in [3.8, 4) is 0 Å². The van der Waals surface area contributed by atoms with Gasteiger partial charge in [0.15, 0.2) is 6.23 Å². The van der Waals surface area contributed by atoms with Crippen molar-refractivity contribution in [1.82, 2.24) is 0 Å². The number of azide groups is 1. The van der Waals surface area contributed by atoms with Gasteiger partial charge in [-0.3, -0.25) is 0 Å². The van der Waals surface area contributed by atoms with Crippen LogP contribution in [0.3, 0.4) is 0 Å². The molecule has 2 rings (SSSR count). The Morgan fingerprint density at radius 2 is 1.70 bits per heavy atom. The predicted molar refractivity (Wildman–Crippen MR) is 79.6 cm³/mol. The lowest BCUT2D eigenvalue weighted by Crippen LogP contribution is -2.05. The third kappa shape index (κ3) is 4.61. The van der Waals surface area contributed by atoms with Crippen LogP contribution in [0.4, 0.5) is 0 Å². The van der Waals surface area contributed by atoms with Crippen molar-refractivity contribution in [2.24, 2.45) is 5.11 Å². The van der Waals surface area contributed by atoms with E-state index in [1.54, 1.807) is 6.08 Å². The molecule has 0 N–H and O–H groups in total.